The van der Waals surface area contributed by atoms with Gasteiger partial charge in [0.25, 0.3) is 5.91 Å². The first kappa shape index (κ1) is 23.3. The molecule has 2 aromatic rings. The van der Waals surface area contributed by atoms with E-state index >= 15 is 0 Å². The fourth-order valence-electron chi connectivity index (χ4n) is 3.32. The Morgan fingerprint density at radius 1 is 0.938 bits per heavy atom. The van der Waals surface area contributed by atoms with E-state index in [1.54, 1.807) is 36.4 Å². The number of amides is 1. The summed E-state index contributed by atoms with van der Waals surface area (Å²) < 4.78 is 15.6. The summed E-state index contributed by atoms with van der Waals surface area (Å²) in [5.41, 5.74) is 1.37. The number of anilines is 1. The van der Waals surface area contributed by atoms with E-state index in [-0.39, 0.29) is 13.2 Å². The van der Waals surface area contributed by atoms with Gasteiger partial charge in [0.05, 0.1) is 17.5 Å². The van der Waals surface area contributed by atoms with Gasteiger partial charge >= 0.3 is 17.9 Å². The quantitative estimate of drug-likeness (QED) is 0.481. The van der Waals surface area contributed by atoms with E-state index in [1.165, 1.54) is 37.4 Å². The van der Waals surface area contributed by atoms with E-state index in [2.05, 4.69) is 0 Å². The molecule has 0 fully saturated rings. The predicted octanol–water partition coefficient (Wildman–Crippen LogP) is 3.29. The van der Waals surface area contributed by atoms with Crippen LogP contribution in [0.25, 0.3) is 0 Å². The minimum Gasteiger partial charge on any atom is -0.464 e. The molecule has 0 saturated carbocycles. The monoisotopic (exact) mass is 457 g/mol. The van der Waals surface area contributed by atoms with Gasteiger partial charge < -0.3 is 19.1 Å². The van der Waals surface area contributed by atoms with Gasteiger partial charge in [0, 0.05) is 25.7 Å². The van der Waals surface area contributed by atoms with Crippen molar-refractivity contribution in [3.05, 3.63) is 54.1 Å². The summed E-state index contributed by atoms with van der Waals surface area (Å²) in [6.07, 6.45) is -1.11. The smallest absolute Gasteiger partial charge is 0.308 e. The SMILES string of the molecule is CC(=O)OCCN1C(=O)[C@@H](OC(C)=O)[C@@H](c2ccc(OC(C)=O)cc2)Sc2ccccc21. The maximum absolute atomic E-state index is 13.5. The number of nitrogens with zero attached hydrogens (tertiary/aromatic N) is 1. The van der Waals surface area contributed by atoms with E-state index in [1.807, 2.05) is 12.1 Å². The molecule has 2 aromatic carbocycles. The standard InChI is InChI=1S/C23H23NO7S/c1-14(25)29-13-12-24-19-6-4-5-7-20(19)32-22(21(23(24)28)31-16(3)27)17-8-10-18(11-9-17)30-15(2)26/h4-11,21-22H,12-13H2,1-3H3/t21-,22+/m0/s1. The average Bonchev–Trinajstić information content (AvgIpc) is 2.84. The number of hydrogen-bond donors (Lipinski definition) is 0. The molecule has 0 aliphatic carbocycles. The Balaban J connectivity index is 2.00. The molecule has 168 valence electrons. The van der Waals surface area contributed by atoms with Gasteiger partial charge in [-0.3, -0.25) is 19.2 Å². The Morgan fingerprint density at radius 2 is 1.62 bits per heavy atom. The largest absolute Gasteiger partial charge is 0.464 e. The third kappa shape index (κ3) is 5.67. The molecule has 0 unspecified atom stereocenters. The average molecular weight is 458 g/mol. The Kier molecular flexibility index (Phi) is 7.53. The highest BCUT2D eigenvalue weighted by molar-refractivity contribution is 7.99. The molecule has 1 aliphatic heterocycles. The lowest BCUT2D eigenvalue weighted by molar-refractivity contribution is -0.153. The van der Waals surface area contributed by atoms with E-state index in [0.717, 1.165) is 10.5 Å². The number of benzene rings is 2. The molecule has 0 bridgehead atoms. The first-order valence-corrected chi connectivity index (χ1v) is 10.8. The summed E-state index contributed by atoms with van der Waals surface area (Å²) in [6, 6.07) is 14.1. The topological polar surface area (TPSA) is 99.2 Å². The van der Waals surface area contributed by atoms with Crippen molar-refractivity contribution >= 4 is 41.3 Å². The Hall–Kier alpha value is -3.33. The lowest BCUT2D eigenvalue weighted by Gasteiger charge is -2.27. The second-order valence-corrected chi connectivity index (χ2v) is 8.21. The van der Waals surface area contributed by atoms with E-state index in [0.29, 0.717) is 11.4 Å². The first-order valence-electron chi connectivity index (χ1n) is 9.92. The number of ether oxygens (including phenoxy) is 3. The number of hydrogen-bond acceptors (Lipinski definition) is 8. The summed E-state index contributed by atoms with van der Waals surface area (Å²) in [7, 11) is 0. The second-order valence-electron chi connectivity index (χ2n) is 7.03. The third-order valence-electron chi connectivity index (χ3n) is 4.58. The molecule has 8 nitrogen and oxygen atoms in total. The summed E-state index contributed by atoms with van der Waals surface area (Å²) in [5, 5.41) is -0.544. The van der Waals surface area contributed by atoms with Crippen LogP contribution in [0.5, 0.6) is 5.75 Å². The fraction of sp³-hybridized carbons (Fsp3) is 0.304. The normalized spacial score (nSPS) is 17.7. The van der Waals surface area contributed by atoms with Crippen LogP contribution in [0.3, 0.4) is 0 Å². The zero-order valence-electron chi connectivity index (χ0n) is 17.9. The van der Waals surface area contributed by atoms with Gasteiger partial charge in [-0.15, -0.1) is 11.8 Å². The zero-order valence-corrected chi connectivity index (χ0v) is 18.7. The molecule has 32 heavy (non-hydrogen) atoms. The van der Waals surface area contributed by atoms with Gasteiger partial charge in [-0.1, -0.05) is 24.3 Å². The van der Waals surface area contributed by atoms with Crippen LogP contribution in [0.4, 0.5) is 5.69 Å². The van der Waals surface area contributed by atoms with Crippen molar-refractivity contribution in [1.82, 2.24) is 0 Å². The summed E-state index contributed by atoms with van der Waals surface area (Å²) in [4.78, 5) is 50.1. The zero-order chi connectivity index (χ0) is 23.3. The lowest BCUT2D eigenvalue weighted by Crippen LogP contribution is -2.44. The van der Waals surface area contributed by atoms with Crippen LogP contribution in [0.15, 0.2) is 53.4 Å². The van der Waals surface area contributed by atoms with Gasteiger partial charge in [-0.25, -0.2) is 0 Å². The highest BCUT2D eigenvalue weighted by Crippen LogP contribution is 2.46. The highest BCUT2D eigenvalue weighted by atomic mass is 32.2. The van der Waals surface area contributed by atoms with E-state index in [4.69, 9.17) is 14.2 Å². The van der Waals surface area contributed by atoms with Crippen LogP contribution in [0.2, 0.25) is 0 Å². The first-order chi connectivity index (χ1) is 15.3. The van der Waals surface area contributed by atoms with Crippen molar-refractivity contribution < 1.29 is 33.4 Å². The van der Waals surface area contributed by atoms with E-state index in [9.17, 15) is 19.2 Å². The Morgan fingerprint density at radius 3 is 2.25 bits per heavy atom. The molecule has 1 aliphatic rings. The van der Waals surface area contributed by atoms with Crippen molar-refractivity contribution in [2.24, 2.45) is 0 Å². The van der Waals surface area contributed by atoms with Gasteiger partial charge in [0.1, 0.15) is 12.4 Å². The highest BCUT2D eigenvalue weighted by Gasteiger charge is 2.40. The van der Waals surface area contributed by atoms with Crippen LogP contribution in [-0.4, -0.2) is 43.1 Å². The van der Waals surface area contributed by atoms with E-state index < -0.39 is 35.2 Å². The molecule has 3 rings (SSSR count). The number of carbonyl (C=O) groups excluding carboxylic acids is 4. The maximum Gasteiger partial charge on any atom is 0.308 e. The molecule has 1 heterocycles. The van der Waals surface area contributed by atoms with Gasteiger partial charge in [-0.2, -0.15) is 0 Å². The van der Waals surface area contributed by atoms with Gasteiger partial charge in [0.2, 0.25) is 0 Å². The van der Waals surface area contributed by atoms with Gasteiger partial charge in [-0.05, 0) is 29.8 Å². The van der Waals surface area contributed by atoms with Crippen LogP contribution in [0, 0.1) is 0 Å². The van der Waals surface area contributed by atoms with Gasteiger partial charge in [0.15, 0.2) is 6.10 Å². The maximum atomic E-state index is 13.5. The summed E-state index contributed by atoms with van der Waals surface area (Å²) in [5.74, 6) is -1.52. The van der Waals surface area contributed by atoms with Crippen LogP contribution in [-0.2, 0) is 28.7 Å². The number of esters is 3. The van der Waals surface area contributed by atoms with Crippen molar-refractivity contribution in [2.75, 3.05) is 18.1 Å². The molecule has 0 spiro atoms. The van der Waals surface area contributed by atoms with Crippen LogP contribution in [0.1, 0.15) is 31.6 Å². The molecule has 0 aromatic heterocycles. The Bertz CT molecular complexity index is 1020. The second kappa shape index (κ2) is 10.3. The molecule has 2 atom stereocenters. The summed E-state index contributed by atoms with van der Waals surface area (Å²) >= 11 is 1.39. The molecular formula is C23H23NO7S. The molecular weight excluding hydrogens is 434 g/mol. The minimum absolute atomic E-state index is 0.00855. The number of thioether (sulfide) groups is 1. The van der Waals surface area contributed by atoms with Crippen molar-refractivity contribution in [3.63, 3.8) is 0 Å². The number of carbonyl (C=O) groups is 4. The van der Waals surface area contributed by atoms with Crippen molar-refractivity contribution in [2.45, 2.75) is 37.0 Å². The van der Waals surface area contributed by atoms with Crippen LogP contribution < -0.4 is 9.64 Å². The summed E-state index contributed by atoms with van der Waals surface area (Å²) in [6.45, 7) is 3.98. The Labute approximate surface area is 189 Å². The minimum atomic E-state index is -1.11. The van der Waals surface area contributed by atoms with Crippen molar-refractivity contribution in [1.29, 1.82) is 0 Å². The van der Waals surface area contributed by atoms with Crippen molar-refractivity contribution in [3.8, 4) is 5.75 Å². The molecule has 0 N–H and O–H groups in total. The number of para-hydroxylation sites is 1. The number of rotatable bonds is 6. The van der Waals surface area contributed by atoms with Crippen LogP contribution >= 0.6 is 11.8 Å². The molecule has 0 saturated heterocycles. The number of fused-ring (bicyclic) bond motifs is 1. The third-order valence-corrected chi connectivity index (χ3v) is 5.95. The molecule has 9 heteroatoms. The lowest BCUT2D eigenvalue weighted by atomic mass is 10.1. The molecule has 0 radical (unpaired) electrons. The fourth-order valence-corrected chi connectivity index (χ4v) is 4.64. The predicted molar refractivity (Wildman–Crippen MR) is 117 cm³/mol. The molecule has 1 amide bonds.